The van der Waals surface area contributed by atoms with Crippen LogP contribution in [0.4, 0.5) is 11.5 Å². The highest BCUT2D eigenvalue weighted by atomic mass is 32.2. The van der Waals surface area contributed by atoms with Crippen molar-refractivity contribution < 1.29 is 24.0 Å². The first kappa shape index (κ1) is 21.1. The zero-order valence-electron chi connectivity index (χ0n) is 16.2. The number of amides is 2. The molecule has 0 radical (unpaired) electrons. The molecule has 1 aromatic heterocycles. The van der Waals surface area contributed by atoms with E-state index in [4.69, 9.17) is 4.52 Å². The molecule has 0 saturated carbocycles. The number of hydrogen-bond acceptors (Lipinski definition) is 6. The zero-order valence-corrected chi connectivity index (χ0v) is 17.0. The fourth-order valence-corrected chi connectivity index (χ4v) is 3.46. The number of aromatic nitrogens is 1. The SMILES string of the molecule is Cc1cc(NC(=O)C(C)Sc2ccc(NC(=O)c3ccccc3C(=O)O)cc2)no1. The lowest BCUT2D eigenvalue weighted by atomic mass is 10.1. The number of rotatable bonds is 7. The number of nitrogens with one attached hydrogen (secondary N) is 2. The second-order valence-corrected chi connectivity index (χ2v) is 7.82. The predicted molar refractivity (Wildman–Crippen MR) is 113 cm³/mol. The van der Waals surface area contributed by atoms with Gasteiger partial charge in [0.2, 0.25) is 5.91 Å². The van der Waals surface area contributed by atoms with Crippen molar-refractivity contribution in [2.24, 2.45) is 0 Å². The lowest BCUT2D eigenvalue weighted by Gasteiger charge is -2.11. The van der Waals surface area contributed by atoms with Gasteiger partial charge in [0.05, 0.1) is 16.4 Å². The van der Waals surface area contributed by atoms with Crippen LogP contribution in [0.3, 0.4) is 0 Å². The Balaban J connectivity index is 1.60. The van der Waals surface area contributed by atoms with E-state index in [1.165, 1.54) is 23.9 Å². The molecule has 0 aliphatic heterocycles. The molecule has 3 aromatic rings. The molecule has 0 bridgehead atoms. The smallest absolute Gasteiger partial charge is 0.336 e. The van der Waals surface area contributed by atoms with Crippen molar-refractivity contribution in [2.45, 2.75) is 24.0 Å². The highest BCUT2D eigenvalue weighted by molar-refractivity contribution is 8.00. The minimum absolute atomic E-state index is 0.0654. The maximum atomic E-state index is 12.4. The number of carbonyl (C=O) groups excluding carboxylic acids is 2. The van der Waals surface area contributed by atoms with Gasteiger partial charge in [0, 0.05) is 16.6 Å². The Bertz CT molecular complexity index is 1080. The molecule has 0 aliphatic rings. The van der Waals surface area contributed by atoms with Crippen molar-refractivity contribution >= 4 is 41.1 Å². The lowest BCUT2D eigenvalue weighted by molar-refractivity contribution is -0.115. The van der Waals surface area contributed by atoms with E-state index in [0.29, 0.717) is 17.3 Å². The molecular formula is C21H19N3O5S. The van der Waals surface area contributed by atoms with Crippen LogP contribution < -0.4 is 10.6 Å². The maximum absolute atomic E-state index is 12.4. The Kier molecular flexibility index (Phi) is 6.53. The number of carboxylic acids is 1. The molecule has 2 aromatic carbocycles. The molecule has 0 aliphatic carbocycles. The topological polar surface area (TPSA) is 122 Å². The lowest BCUT2D eigenvalue weighted by Crippen LogP contribution is -2.22. The molecule has 1 atom stereocenters. The average molecular weight is 425 g/mol. The number of anilines is 2. The second kappa shape index (κ2) is 9.27. The van der Waals surface area contributed by atoms with Crippen molar-refractivity contribution in [3.8, 4) is 0 Å². The molecule has 1 heterocycles. The van der Waals surface area contributed by atoms with Crippen molar-refractivity contribution in [3.05, 3.63) is 71.5 Å². The minimum atomic E-state index is -1.17. The van der Waals surface area contributed by atoms with Crippen LogP contribution in [0.5, 0.6) is 0 Å². The monoisotopic (exact) mass is 425 g/mol. The van der Waals surface area contributed by atoms with Crippen molar-refractivity contribution in [2.75, 3.05) is 10.6 Å². The normalized spacial score (nSPS) is 11.5. The number of benzene rings is 2. The van der Waals surface area contributed by atoms with E-state index in [0.717, 1.165) is 4.90 Å². The molecular weight excluding hydrogens is 406 g/mol. The van der Waals surface area contributed by atoms with Gasteiger partial charge in [0.25, 0.3) is 5.91 Å². The predicted octanol–water partition coefficient (Wildman–Crippen LogP) is 4.05. The summed E-state index contributed by atoms with van der Waals surface area (Å²) in [5.74, 6) is -0.917. The van der Waals surface area contributed by atoms with Crippen molar-refractivity contribution in [3.63, 3.8) is 0 Å². The first-order valence-electron chi connectivity index (χ1n) is 8.98. The fraction of sp³-hybridized carbons (Fsp3) is 0.143. The molecule has 3 rings (SSSR count). The van der Waals surface area contributed by atoms with E-state index in [1.54, 1.807) is 56.3 Å². The van der Waals surface area contributed by atoms with E-state index < -0.39 is 11.9 Å². The summed E-state index contributed by atoms with van der Waals surface area (Å²) in [5.41, 5.74) is 0.529. The number of carboxylic acid groups (broad SMARTS) is 1. The third kappa shape index (κ3) is 5.26. The molecule has 8 nitrogen and oxygen atoms in total. The van der Waals surface area contributed by atoms with Gasteiger partial charge < -0.3 is 20.3 Å². The van der Waals surface area contributed by atoms with Gasteiger partial charge in [-0.1, -0.05) is 17.3 Å². The second-order valence-electron chi connectivity index (χ2n) is 6.40. The van der Waals surface area contributed by atoms with Crippen LogP contribution in [-0.4, -0.2) is 33.3 Å². The maximum Gasteiger partial charge on any atom is 0.336 e. The van der Waals surface area contributed by atoms with Crippen LogP contribution in [0.25, 0.3) is 0 Å². The van der Waals surface area contributed by atoms with Gasteiger partial charge in [-0.15, -0.1) is 11.8 Å². The number of carbonyl (C=O) groups is 3. The molecule has 154 valence electrons. The molecule has 2 amide bonds. The number of hydrogen-bond donors (Lipinski definition) is 3. The first-order valence-corrected chi connectivity index (χ1v) is 9.86. The van der Waals surface area contributed by atoms with Crippen LogP contribution in [0.15, 0.2) is 64.0 Å². The summed E-state index contributed by atoms with van der Waals surface area (Å²) < 4.78 is 4.92. The molecule has 9 heteroatoms. The van der Waals surface area contributed by atoms with Crippen LogP contribution in [0, 0.1) is 6.92 Å². The van der Waals surface area contributed by atoms with Gasteiger partial charge in [-0.05, 0) is 50.2 Å². The molecule has 0 saturated heterocycles. The molecule has 0 fully saturated rings. The third-order valence-corrected chi connectivity index (χ3v) is 5.19. The van der Waals surface area contributed by atoms with Gasteiger partial charge >= 0.3 is 5.97 Å². The van der Waals surface area contributed by atoms with E-state index in [-0.39, 0.29) is 22.3 Å². The van der Waals surface area contributed by atoms with Crippen LogP contribution in [0.2, 0.25) is 0 Å². The Morgan fingerprint density at radius 3 is 2.30 bits per heavy atom. The Hall–Kier alpha value is -3.59. The summed E-state index contributed by atoms with van der Waals surface area (Å²) in [7, 11) is 0. The Labute approximate surface area is 176 Å². The molecule has 1 unspecified atom stereocenters. The van der Waals surface area contributed by atoms with Crippen molar-refractivity contribution in [1.29, 1.82) is 0 Å². The van der Waals surface area contributed by atoms with E-state index >= 15 is 0 Å². The fourth-order valence-electron chi connectivity index (χ4n) is 2.59. The van der Waals surface area contributed by atoms with Gasteiger partial charge in [-0.2, -0.15) is 0 Å². The largest absolute Gasteiger partial charge is 0.478 e. The average Bonchev–Trinajstić information content (AvgIpc) is 3.13. The van der Waals surface area contributed by atoms with Crippen molar-refractivity contribution in [1.82, 2.24) is 5.16 Å². The Morgan fingerprint density at radius 1 is 1.03 bits per heavy atom. The van der Waals surface area contributed by atoms with E-state index in [1.807, 2.05) is 0 Å². The zero-order chi connectivity index (χ0) is 21.7. The summed E-state index contributed by atoms with van der Waals surface area (Å²) >= 11 is 1.35. The molecule has 30 heavy (non-hydrogen) atoms. The number of nitrogens with zero attached hydrogens (tertiary/aromatic N) is 1. The number of aromatic carboxylic acids is 1. The molecule has 0 spiro atoms. The molecule has 3 N–H and O–H groups in total. The summed E-state index contributed by atoms with van der Waals surface area (Å²) in [6.07, 6.45) is 0. The van der Waals surface area contributed by atoms with E-state index in [9.17, 15) is 19.5 Å². The minimum Gasteiger partial charge on any atom is -0.478 e. The third-order valence-electron chi connectivity index (χ3n) is 4.08. The van der Waals surface area contributed by atoms with Gasteiger partial charge in [-0.25, -0.2) is 4.79 Å². The summed E-state index contributed by atoms with van der Waals surface area (Å²) in [6.45, 7) is 3.51. The highest BCUT2D eigenvalue weighted by Crippen LogP contribution is 2.26. The van der Waals surface area contributed by atoms with Gasteiger partial charge in [0.1, 0.15) is 5.76 Å². The summed E-state index contributed by atoms with van der Waals surface area (Å²) in [6, 6.07) is 14.6. The first-order chi connectivity index (χ1) is 14.3. The standard InChI is InChI=1S/C21H19N3O5S/c1-12-11-18(24-29-12)23-19(25)13(2)30-15-9-7-14(8-10-15)22-20(26)16-5-3-4-6-17(16)21(27)28/h3-11,13H,1-2H3,(H,22,26)(H,27,28)(H,23,24,25). The van der Waals surface area contributed by atoms with Crippen LogP contribution in [-0.2, 0) is 4.79 Å². The Morgan fingerprint density at radius 2 is 1.70 bits per heavy atom. The van der Waals surface area contributed by atoms with Crippen LogP contribution >= 0.6 is 11.8 Å². The quantitative estimate of drug-likeness (QED) is 0.488. The summed E-state index contributed by atoms with van der Waals surface area (Å²) in [5, 5.41) is 17.9. The number of thioether (sulfide) groups is 1. The van der Waals surface area contributed by atoms with Gasteiger partial charge in [0.15, 0.2) is 5.82 Å². The summed E-state index contributed by atoms with van der Waals surface area (Å²) in [4.78, 5) is 36.8. The van der Waals surface area contributed by atoms with Gasteiger partial charge in [-0.3, -0.25) is 9.59 Å². The van der Waals surface area contributed by atoms with Crippen LogP contribution in [0.1, 0.15) is 33.4 Å². The van der Waals surface area contributed by atoms with E-state index in [2.05, 4.69) is 15.8 Å². The highest BCUT2D eigenvalue weighted by Gasteiger charge is 2.17. The number of aryl methyl sites for hydroxylation is 1.